The van der Waals surface area contributed by atoms with Crippen molar-refractivity contribution in [3.8, 4) is 0 Å². The summed E-state index contributed by atoms with van der Waals surface area (Å²) in [6, 6.07) is 0.401. The fourth-order valence-corrected chi connectivity index (χ4v) is 2.81. The Morgan fingerprint density at radius 2 is 2.18 bits per heavy atom. The molecule has 4 nitrogen and oxygen atoms in total. The summed E-state index contributed by atoms with van der Waals surface area (Å²) in [5, 5.41) is 3.32. The molecule has 1 saturated carbocycles. The SMILES string of the molecule is CCOC1CC(N2C(=O)CNC2CC(C)C)C1. The summed E-state index contributed by atoms with van der Waals surface area (Å²) in [4.78, 5) is 14.0. The molecule has 17 heavy (non-hydrogen) atoms. The summed E-state index contributed by atoms with van der Waals surface area (Å²) in [6.45, 7) is 7.71. The van der Waals surface area contributed by atoms with Crippen molar-refractivity contribution < 1.29 is 9.53 Å². The van der Waals surface area contributed by atoms with Crippen molar-refractivity contribution in [3.05, 3.63) is 0 Å². The minimum absolute atomic E-state index is 0.245. The molecule has 1 amide bonds. The maximum Gasteiger partial charge on any atom is 0.238 e. The molecule has 1 unspecified atom stereocenters. The maximum absolute atomic E-state index is 11.9. The van der Waals surface area contributed by atoms with Crippen molar-refractivity contribution >= 4 is 5.91 Å². The quantitative estimate of drug-likeness (QED) is 0.789. The Kier molecular flexibility index (Phi) is 4.05. The minimum Gasteiger partial charge on any atom is -0.378 e. The zero-order chi connectivity index (χ0) is 12.4. The highest BCUT2D eigenvalue weighted by molar-refractivity contribution is 5.81. The first-order valence-electron chi connectivity index (χ1n) is 6.78. The minimum atomic E-state index is 0.245. The summed E-state index contributed by atoms with van der Waals surface area (Å²) in [6.07, 6.45) is 3.68. The molecule has 1 N–H and O–H groups in total. The molecule has 0 aromatic rings. The summed E-state index contributed by atoms with van der Waals surface area (Å²) < 4.78 is 5.56. The van der Waals surface area contributed by atoms with Gasteiger partial charge >= 0.3 is 0 Å². The van der Waals surface area contributed by atoms with E-state index in [0.717, 1.165) is 25.9 Å². The van der Waals surface area contributed by atoms with Crippen LogP contribution in [-0.4, -0.2) is 42.3 Å². The molecular weight excluding hydrogens is 216 g/mol. The van der Waals surface area contributed by atoms with Crippen molar-refractivity contribution in [2.24, 2.45) is 5.92 Å². The summed E-state index contributed by atoms with van der Waals surface area (Å²) in [7, 11) is 0. The third-order valence-corrected chi connectivity index (χ3v) is 3.67. The van der Waals surface area contributed by atoms with E-state index in [4.69, 9.17) is 4.74 Å². The molecule has 1 atom stereocenters. The van der Waals surface area contributed by atoms with Crippen LogP contribution < -0.4 is 5.32 Å². The van der Waals surface area contributed by atoms with Crippen LogP contribution in [0.2, 0.25) is 0 Å². The van der Waals surface area contributed by atoms with Crippen LogP contribution >= 0.6 is 0 Å². The lowest BCUT2D eigenvalue weighted by molar-refractivity contribution is -0.136. The van der Waals surface area contributed by atoms with Gasteiger partial charge in [0.05, 0.1) is 18.8 Å². The lowest BCUT2D eigenvalue weighted by atomic mass is 9.87. The van der Waals surface area contributed by atoms with Crippen molar-refractivity contribution in [2.45, 2.75) is 58.3 Å². The zero-order valence-electron chi connectivity index (χ0n) is 11.1. The number of nitrogens with one attached hydrogen (secondary N) is 1. The zero-order valence-corrected chi connectivity index (χ0v) is 11.1. The van der Waals surface area contributed by atoms with E-state index in [1.807, 2.05) is 6.92 Å². The smallest absolute Gasteiger partial charge is 0.238 e. The number of hydrogen-bond acceptors (Lipinski definition) is 3. The fraction of sp³-hybridized carbons (Fsp3) is 0.923. The fourth-order valence-electron chi connectivity index (χ4n) is 2.81. The van der Waals surface area contributed by atoms with Crippen LogP contribution in [-0.2, 0) is 9.53 Å². The Bertz CT molecular complexity index is 275. The Morgan fingerprint density at radius 3 is 2.76 bits per heavy atom. The van der Waals surface area contributed by atoms with Gasteiger partial charge in [0.25, 0.3) is 0 Å². The van der Waals surface area contributed by atoms with Gasteiger partial charge in [0.15, 0.2) is 0 Å². The number of nitrogens with zero attached hydrogens (tertiary/aromatic N) is 1. The Balaban J connectivity index is 1.87. The number of carbonyl (C=O) groups is 1. The van der Waals surface area contributed by atoms with Gasteiger partial charge in [-0.2, -0.15) is 0 Å². The van der Waals surface area contributed by atoms with E-state index < -0.39 is 0 Å². The predicted octanol–water partition coefficient (Wildman–Crippen LogP) is 1.36. The van der Waals surface area contributed by atoms with Gasteiger partial charge in [-0.15, -0.1) is 0 Å². The predicted molar refractivity (Wildman–Crippen MR) is 66.5 cm³/mol. The summed E-state index contributed by atoms with van der Waals surface area (Å²) in [5.41, 5.74) is 0. The van der Waals surface area contributed by atoms with Gasteiger partial charge in [-0.1, -0.05) is 13.8 Å². The average molecular weight is 240 g/mol. The first kappa shape index (κ1) is 12.8. The largest absolute Gasteiger partial charge is 0.378 e. The van der Waals surface area contributed by atoms with Crippen molar-refractivity contribution in [1.29, 1.82) is 0 Å². The molecule has 0 aromatic carbocycles. The second-order valence-corrected chi connectivity index (χ2v) is 5.53. The van der Waals surface area contributed by atoms with Gasteiger partial charge in [-0.25, -0.2) is 0 Å². The average Bonchev–Trinajstić information content (AvgIpc) is 2.53. The molecular formula is C13H24N2O2. The molecule has 0 aromatic heterocycles. The molecule has 0 bridgehead atoms. The third-order valence-electron chi connectivity index (χ3n) is 3.67. The van der Waals surface area contributed by atoms with Crippen LogP contribution in [0.1, 0.15) is 40.0 Å². The molecule has 2 rings (SSSR count). The van der Waals surface area contributed by atoms with E-state index in [-0.39, 0.29) is 12.1 Å². The van der Waals surface area contributed by atoms with Gasteiger partial charge in [0.1, 0.15) is 0 Å². The molecule has 1 heterocycles. The molecule has 4 heteroatoms. The molecule has 1 saturated heterocycles. The van der Waals surface area contributed by atoms with Crippen molar-refractivity contribution in [1.82, 2.24) is 10.2 Å². The highest BCUT2D eigenvalue weighted by atomic mass is 16.5. The number of hydrogen-bond donors (Lipinski definition) is 1. The topological polar surface area (TPSA) is 41.6 Å². The Hall–Kier alpha value is -0.610. The molecule has 1 aliphatic carbocycles. The van der Waals surface area contributed by atoms with E-state index in [1.54, 1.807) is 0 Å². The molecule has 2 fully saturated rings. The maximum atomic E-state index is 11.9. The first-order chi connectivity index (χ1) is 8.11. The Morgan fingerprint density at radius 1 is 1.47 bits per heavy atom. The second kappa shape index (κ2) is 5.36. The summed E-state index contributed by atoms with van der Waals surface area (Å²) in [5.74, 6) is 0.874. The van der Waals surface area contributed by atoms with Crippen LogP contribution in [0.5, 0.6) is 0 Å². The highest BCUT2D eigenvalue weighted by Crippen LogP contribution is 2.32. The van der Waals surface area contributed by atoms with Crippen LogP contribution in [0.15, 0.2) is 0 Å². The van der Waals surface area contributed by atoms with Gasteiger partial charge < -0.3 is 9.64 Å². The van der Waals surface area contributed by atoms with Gasteiger partial charge in [-0.05, 0) is 32.1 Å². The normalized spacial score (nSPS) is 33.3. The van der Waals surface area contributed by atoms with Crippen LogP contribution in [0, 0.1) is 5.92 Å². The molecule has 98 valence electrons. The van der Waals surface area contributed by atoms with E-state index in [1.165, 1.54) is 0 Å². The number of amides is 1. The van der Waals surface area contributed by atoms with Gasteiger partial charge in [0.2, 0.25) is 5.91 Å². The molecule has 2 aliphatic rings. The van der Waals surface area contributed by atoms with Crippen molar-refractivity contribution in [3.63, 3.8) is 0 Å². The number of ether oxygens (including phenoxy) is 1. The molecule has 0 spiro atoms. The third kappa shape index (κ3) is 2.80. The first-order valence-corrected chi connectivity index (χ1v) is 6.78. The second-order valence-electron chi connectivity index (χ2n) is 5.53. The van der Waals surface area contributed by atoms with Gasteiger partial charge in [-0.3, -0.25) is 10.1 Å². The van der Waals surface area contributed by atoms with E-state index in [2.05, 4.69) is 24.1 Å². The molecule has 0 radical (unpaired) electrons. The van der Waals surface area contributed by atoms with Crippen LogP contribution in [0.25, 0.3) is 0 Å². The van der Waals surface area contributed by atoms with E-state index in [9.17, 15) is 4.79 Å². The van der Waals surface area contributed by atoms with Crippen molar-refractivity contribution in [2.75, 3.05) is 13.2 Å². The van der Waals surface area contributed by atoms with Crippen LogP contribution in [0.4, 0.5) is 0 Å². The highest BCUT2D eigenvalue weighted by Gasteiger charge is 2.42. The lowest BCUT2D eigenvalue weighted by Crippen LogP contribution is -2.53. The molecule has 1 aliphatic heterocycles. The van der Waals surface area contributed by atoms with Gasteiger partial charge in [0, 0.05) is 12.6 Å². The van der Waals surface area contributed by atoms with E-state index >= 15 is 0 Å². The number of carbonyl (C=O) groups excluding carboxylic acids is 1. The standard InChI is InChI=1S/C13H24N2O2/c1-4-17-11-6-10(7-11)15-12(5-9(2)3)14-8-13(15)16/h9-12,14H,4-8H2,1-3H3. The summed E-state index contributed by atoms with van der Waals surface area (Å²) >= 11 is 0. The number of rotatable bonds is 5. The Labute approximate surface area is 104 Å². The lowest BCUT2D eigenvalue weighted by Gasteiger charge is -2.43. The monoisotopic (exact) mass is 240 g/mol. The van der Waals surface area contributed by atoms with Crippen LogP contribution in [0.3, 0.4) is 0 Å². The van der Waals surface area contributed by atoms with E-state index in [0.29, 0.717) is 24.6 Å².